The number of pyridine rings is 1. The summed E-state index contributed by atoms with van der Waals surface area (Å²) >= 11 is 0. The smallest absolute Gasteiger partial charge is 0.0346 e. The van der Waals surface area contributed by atoms with Gasteiger partial charge in [-0.05, 0) is 142 Å². The van der Waals surface area contributed by atoms with E-state index in [0.29, 0.717) is 16.9 Å². The van der Waals surface area contributed by atoms with Crippen molar-refractivity contribution in [3.63, 3.8) is 0 Å². The van der Waals surface area contributed by atoms with Crippen LogP contribution in [0.15, 0.2) is 36.7 Å². The molecule has 0 bridgehead atoms. The van der Waals surface area contributed by atoms with E-state index in [1.807, 2.05) is 6.20 Å². The third-order valence-corrected chi connectivity index (χ3v) is 12.1. The van der Waals surface area contributed by atoms with Crippen molar-refractivity contribution in [3.05, 3.63) is 42.2 Å². The van der Waals surface area contributed by atoms with Crippen molar-refractivity contribution in [1.82, 2.24) is 9.88 Å². The van der Waals surface area contributed by atoms with Crippen LogP contribution >= 0.6 is 0 Å². The third kappa shape index (κ3) is 3.41. The first-order valence-corrected chi connectivity index (χ1v) is 14.4. The molecule has 0 spiro atoms. The average Bonchev–Trinajstić information content (AvgIpc) is 3.20. The summed E-state index contributed by atoms with van der Waals surface area (Å²) in [4.78, 5) is 7.07. The van der Waals surface area contributed by atoms with Crippen molar-refractivity contribution in [2.45, 2.75) is 103 Å². The van der Waals surface area contributed by atoms with Crippen LogP contribution in [-0.2, 0) is 0 Å². The number of nitrogens with zero attached hydrogens (tertiary/aromatic N) is 2. The van der Waals surface area contributed by atoms with E-state index in [1.54, 1.807) is 5.56 Å². The number of aromatic nitrogens is 1. The van der Waals surface area contributed by atoms with Crippen LogP contribution in [0, 0.1) is 34.5 Å². The number of fused-ring (bicyclic) bond motifs is 6. The standard InChI is InChI=1S/C32H46N2/c1-21(2)34(5)26-12-15-31(3)25(19-26)8-9-27-29-11-10-28(32(29,4)16-13-30(27)31)23-7-6-22-14-17-33-20-24(22)18-23/h6-7,14,17-18,20-21,25-30H,8-13,15-16,19H2,1-5H3/t25?,26?,27-,28?,29?,30?,31?,32?/m0/s1. The lowest BCUT2D eigenvalue weighted by Crippen LogP contribution is -2.55. The minimum atomic E-state index is 0.481. The van der Waals surface area contributed by atoms with E-state index in [9.17, 15) is 0 Å². The molecule has 0 amide bonds. The summed E-state index contributed by atoms with van der Waals surface area (Å²) in [5.74, 6) is 4.53. The summed E-state index contributed by atoms with van der Waals surface area (Å²) in [6.07, 6.45) is 17.0. The predicted molar refractivity (Wildman–Crippen MR) is 143 cm³/mol. The van der Waals surface area contributed by atoms with E-state index in [4.69, 9.17) is 0 Å². The lowest BCUT2D eigenvalue weighted by Gasteiger charge is -2.61. The van der Waals surface area contributed by atoms with Gasteiger partial charge in [0, 0.05) is 29.9 Å². The van der Waals surface area contributed by atoms with Gasteiger partial charge in [-0.25, -0.2) is 0 Å². The Labute approximate surface area is 207 Å². The maximum Gasteiger partial charge on any atom is 0.0346 e. The summed E-state index contributed by atoms with van der Waals surface area (Å²) in [6.45, 7) is 10.2. The number of benzene rings is 1. The van der Waals surface area contributed by atoms with Gasteiger partial charge in [-0.15, -0.1) is 0 Å². The average molecular weight is 459 g/mol. The quantitative estimate of drug-likeness (QED) is 0.462. The SMILES string of the molecule is CC(C)N(C)C1CCC2(C)C(CC[C@@H]3C2CCC2(C)C(c4ccc5ccncc5c4)CCC32)C1. The van der Waals surface area contributed by atoms with Crippen molar-refractivity contribution in [2.24, 2.45) is 34.5 Å². The van der Waals surface area contributed by atoms with Crippen molar-refractivity contribution < 1.29 is 0 Å². The topological polar surface area (TPSA) is 16.1 Å². The summed E-state index contributed by atoms with van der Waals surface area (Å²) < 4.78 is 0. The molecular formula is C32H46N2. The molecule has 6 rings (SSSR count). The molecule has 7 unspecified atom stereocenters. The van der Waals surface area contributed by atoms with Crippen molar-refractivity contribution in [3.8, 4) is 0 Å². The van der Waals surface area contributed by atoms with E-state index in [0.717, 1.165) is 35.6 Å². The molecule has 4 saturated carbocycles. The molecule has 8 atom stereocenters. The largest absolute Gasteiger partial charge is 0.301 e. The molecule has 0 saturated heterocycles. The van der Waals surface area contributed by atoms with Gasteiger partial charge in [0.2, 0.25) is 0 Å². The first kappa shape index (κ1) is 23.0. The zero-order chi connectivity index (χ0) is 23.7. The highest BCUT2D eigenvalue weighted by atomic mass is 15.1. The lowest BCUT2D eigenvalue weighted by atomic mass is 9.44. The summed E-state index contributed by atoms with van der Waals surface area (Å²) in [7, 11) is 2.37. The monoisotopic (exact) mass is 458 g/mol. The minimum Gasteiger partial charge on any atom is -0.301 e. The second-order valence-electron chi connectivity index (χ2n) is 13.5. The molecule has 1 heterocycles. The maximum absolute atomic E-state index is 4.40. The highest BCUT2D eigenvalue weighted by Gasteiger charge is 2.60. The fourth-order valence-electron chi connectivity index (χ4n) is 9.89. The van der Waals surface area contributed by atoms with Gasteiger partial charge in [-0.2, -0.15) is 0 Å². The Morgan fingerprint density at radius 3 is 2.50 bits per heavy atom. The fourth-order valence-corrected chi connectivity index (χ4v) is 9.89. The maximum atomic E-state index is 4.40. The van der Waals surface area contributed by atoms with Gasteiger partial charge in [-0.1, -0.05) is 26.0 Å². The van der Waals surface area contributed by atoms with Crippen molar-refractivity contribution in [1.29, 1.82) is 0 Å². The van der Waals surface area contributed by atoms with Crippen molar-refractivity contribution in [2.75, 3.05) is 7.05 Å². The second kappa shape index (κ2) is 8.32. The molecule has 1 aromatic heterocycles. The van der Waals surface area contributed by atoms with Crippen molar-refractivity contribution >= 4 is 10.8 Å². The predicted octanol–water partition coefficient (Wildman–Crippen LogP) is 8.07. The highest BCUT2D eigenvalue weighted by molar-refractivity contribution is 5.82. The van der Waals surface area contributed by atoms with Gasteiger partial charge in [0.25, 0.3) is 0 Å². The van der Waals surface area contributed by atoms with Crippen LogP contribution in [0.4, 0.5) is 0 Å². The van der Waals surface area contributed by atoms with Crippen LogP contribution in [-0.4, -0.2) is 29.0 Å². The molecule has 1 aromatic carbocycles. The molecular weight excluding hydrogens is 412 g/mol. The minimum absolute atomic E-state index is 0.481. The Balaban J connectivity index is 1.24. The molecule has 0 radical (unpaired) electrons. The van der Waals surface area contributed by atoms with Crippen LogP contribution in [0.2, 0.25) is 0 Å². The summed E-state index contributed by atoms with van der Waals surface area (Å²) in [5.41, 5.74) is 2.65. The first-order chi connectivity index (χ1) is 16.3. The molecule has 34 heavy (non-hydrogen) atoms. The molecule has 4 aliphatic carbocycles. The van der Waals surface area contributed by atoms with Crippen LogP contribution in [0.1, 0.15) is 97.0 Å². The zero-order valence-electron chi connectivity index (χ0n) is 22.3. The Bertz CT molecular complexity index is 1040. The molecule has 184 valence electrons. The van der Waals surface area contributed by atoms with Crippen LogP contribution in [0.5, 0.6) is 0 Å². The van der Waals surface area contributed by atoms with E-state index in [-0.39, 0.29) is 0 Å². The van der Waals surface area contributed by atoms with E-state index in [1.165, 1.54) is 68.6 Å². The molecule has 0 aliphatic heterocycles. The summed E-state index contributed by atoms with van der Waals surface area (Å²) in [6, 6.07) is 10.9. The molecule has 2 heteroatoms. The van der Waals surface area contributed by atoms with E-state index in [2.05, 4.69) is 75.1 Å². The Morgan fingerprint density at radius 1 is 0.882 bits per heavy atom. The highest BCUT2D eigenvalue weighted by Crippen LogP contribution is 2.69. The molecule has 4 fully saturated rings. The van der Waals surface area contributed by atoms with Gasteiger partial charge in [0.05, 0.1) is 0 Å². The van der Waals surface area contributed by atoms with Gasteiger partial charge in [0.15, 0.2) is 0 Å². The van der Waals surface area contributed by atoms with Crippen LogP contribution in [0.3, 0.4) is 0 Å². The molecule has 0 N–H and O–H groups in total. The number of hydrogen-bond donors (Lipinski definition) is 0. The van der Waals surface area contributed by atoms with Crippen LogP contribution in [0.25, 0.3) is 10.8 Å². The van der Waals surface area contributed by atoms with Gasteiger partial charge in [-0.3, -0.25) is 4.98 Å². The Morgan fingerprint density at radius 2 is 1.68 bits per heavy atom. The first-order valence-electron chi connectivity index (χ1n) is 14.4. The lowest BCUT2D eigenvalue weighted by molar-refractivity contribution is -0.117. The van der Waals surface area contributed by atoms with Gasteiger partial charge < -0.3 is 4.90 Å². The molecule has 2 aromatic rings. The third-order valence-electron chi connectivity index (χ3n) is 12.1. The summed E-state index contributed by atoms with van der Waals surface area (Å²) in [5, 5.41) is 2.64. The molecule has 4 aliphatic rings. The number of hydrogen-bond acceptors (Lipinski definition) is 2. The van der Waals surface area contributed by atoms with Crippen LogP contribution < -0.4 is 0 Å². The number of rotatable bonds is 3. The normalized spacial score (nSPS) is 42.0. The van der Waals surface area contributed by atoms with Gasteiger partial charge in [0.1, 0.15) is 0 Å². The Kier molecular flexibility index (Phi) is 5.64. The molecule has 2 nitrogen and oxygen atoms in total. The van der Waals surface area contributed by atoms with E-state index >= 15 is 0 Å². The van der Waals surface area contributed by atoms with E-state index < -0.39 is 0 Å². The second-order valence-corrected chi connectivity index (χ2v) is 13.5. The fraction of sp³-hybridized carbons (Fsp3) is 0.719. The van der Waals surface area contributed by atoms with Gasteiger partial charge >= 0.3 is 0 Å². The zero-order valence-corrected chi connectivity index (χ0v) is 22.3. The Hall–Kier alpha value is -1.41.